The Morgan fingerprint density at radius 2 is 1.86 bits per heavy atom. The van der Waals surface area contributed by atoms with E-state index < -0.39 is 0 Å². The Balaban J connectivity index is 2.45. The van der Waals surface area contributed by atoms with Gasteiger partial charge in [-0.3, -0.25) is 0 Å². The highest BCUT2D eigenvalue weighted by atomic mass is 14.3. The predicted octanol–water partition coefficient (Wildman–Crippen LogP) is 3.98. The fourth-order valence-corrected chi connectivity index (χ4v) is 2.01. The van der Waals surface area contributed by atoms with E-state index in [2.05, 4.69) is 52.0 Å². The number of rotatable bonds is 0. The Morgan fingerprint density at radius 1 is 1.14 bits per heavy atom. The van der Waals surface area contributed by atoms with E-state index in [-0.39, 0.29) is 0 Å². The van der Waals surface area contributed by atoms with E-state index in [0.717, 1.165) is 6.42 Å². The van der Waals surface area contributed by atoms with E-state index in [1.165, 1.54) is 16.7 Å². The van der Waals surface area contributed by atoms with E-state index in [1.807, 2.05) is 0 Å². The molecule has 1 aliphatic carbocycles. The summed E-state index contributed by atoms with van der Waals surface area (Å²) in [6, 6.07) is 6.60. The van der Waals surface area contributed by atoms with E-state index in [4.69, 9.17) is 0 Å². The van der Waals surface area contributed by atoms with Crippen molar-refractivity contribution in [2.24, 2.45) is 5.41 Å². The van der Waals surface area contributed by atoms with Crippen LogP contribution in [0.5, 0.6) is 0 Å². The van der Waals surface area contributed by atoms with Crippen molar-refractivity contribution in [1.82, 2.24) is 0 Å². The first-order valence-electron chi connectivity index (χ1n) is 5.28. The summed E-state index contributed by atoms with van der Waals surface area (Å²) in [5, 5.41) is 0. The molecule has 0 aliphatic heterocycles. The van der Waals surface area contributed by atoms with Crippen molar-refractivity contribution in [2.75, 3.05) is 0 Å². The highest BCUT2D eigenvalue weighted by molar-refractivity contribution is 5.67. The van der Waals surface area contributed by atoms with Crippen molar-refractivity contribution in [1.29, 1.82) is 0 Å². The van der Waals surface area contributed by atoms with Crippen LogP contribution in [0.1, 0.15) is 37.5 Å². The van der Waals surface area contributed by atoms with E-state index in [1.54, 1.807) is 5.57 Å². The smallest absolute Gasteiger partial charge is 0.00525 e. The van der Waals surface area contributed by atoms with Crippen molar-refractivity contribution < 1.29 is 0 Å². The van der Waals surface area contributed by atoms with Crippen molar-refractivity contribution >= 4 is 6.08 Å². The molecule has 0 atom stereocenters. The maximum atomic E-state index is 2.38. The summed E-state index contributed by atoms with van der Waals surface area (Å²) in [6.45, 7) is 9.07. The third-order valence-corrected chi connectivity index (χ3v) is 3.08. The molecule has 0 saturated heterocycles. The zero-order chi connectivity index (χ0) is 10.3. The number of fused-ring (bicyclic) bond motifs is 1. The minimum absolute atomic E-state index is 0.311. The first-order valence-corrected chi connectivity index (χ1v) is 5.28. The van der Waals surface area contributed by atoms with E-state index in [9.17, 15) is 0 Å². The SMILES string of the molecule is Cc1cccc2c1C=C(C(C)(C)C)C2. The van der Waals surface area contributed by atoms with Crippen LogP contribution in [0.25, 0.3) is 6.08 Å². The van der Waals surface area contributed by atoms with Gasteiger partial charge >= 0.3 is 0 Å². The summed E-state index contributed by atoms with van der Waals surface area (Å²) < 4.78 is 0. The van der Waals surface area contributed by atoms with Gasteiger partial charge in [-0.25, -0.2) is 0 Å². The molecule has 1 aliphatic rings. The van der Waals surface area contributed by atoms with Crippen LogP contribution in [-0.4, -0.2) is 0 Å². The second-order valence-electron chi connectivity index (χ2n) is 5.24. The highest BCUT2D eigenvalue weighted by Crippen LogP contribution is 2.37. The molecule has 1 aromatic rings. The first-order chi connectivity index (χ1) is 6.48. The summed E-state index contributed by atoms with van der Waals surface area (Å²) in [6.07, 6.45) is 3.52. The van der Waals surface area contributed by atoms with Gasteiger partial charge in [0.2, 0.25) is 0 Å². The molecule has 0 N–H and O–H groups in total. The Labute approximate surface area is 86.7 Å². The second-order valence-corrected chi connectivity index (χ2v) is 5.24. The quantitative estimate of drug-likeness (QED) is 0.575. The second kappa shape index (κ2) is 2.98. The van der Waals surface area contributed by atoms with Gasteiger partial charge in [-0.05, 0) is 35.4 Å². The molecule has 0 radical (unpaired) electrons. The lowest BCUT2D eigenvalue weighted by atomic mass is 9.85. The number of aryl methyl sites for hydroxylation is 1. The van der Waals surface area contributed by atoms with Crippen LogP contribution in [0, 0.1) is 12.3 Å². The number of hydrogen-bond acceptors (Lipinski definition) is 0. The minimum Gasteiger partial charge on any atom is -0.0617 e. The lowest BCUT2D eigenvalue weighted by Gasteiger charge is -2.19. The summed E-state index contributed by atoms with van der Waals surface area (Å²) in [7, 11) is 0. The van der Waals surface area contributed by atoms with Crippen LogP contribution in [0.3, 0.4) is 0 Å². The van der Waals surface area contributed by atoms with Gasteiger partial charge in [-0.1, -0.05) is 50.6 Å². The molecule has 74 valence electrons. The summed E-state index contributed by atoms with van der Waals surface area (Å²) in [4.78, 5) is 0. The molecule has 0 fully saturated rings. The lowest BCUT2D eigenvalue weighted by molar-refractivity contribution is 0.498. The van der Waals surface area contributed by atoms with E-state index in [0.29, 0.717) is 5.41 Å². The molecule has 0 saturated carbocycles. The maximum Gasteiger partial charge on any atom is -0.00525 e. The fraction of sp³-hybridized carbons (Fsp3) is 0.429. The largest absolute Gasteiger partial charge is 0.0617 e. The molecule has 0 bridgehead atoms. The Bertz CT molecular complexity index is 389. The Morgan fingerprint density at radius 3 is 2.43 bits per heavy atom. The molecule has 1 aromatic carbocycles. The molecule has 0 heteroatoms. The number of allylic oxidation sites excluding steroid dienone is 1. The third-order valence-electron chi connectivity index (χ3n) is 3.08. The summed E-state index contributed by atoms with van der Waals surface area (Å²) >= 11 is 0. The van der Waals surface area contributed by atoms with Crippen molar-refractivity contribution in [2.45, 2.75) is 34.1 Å². The Kier molecular flexibility index (Phi) is 2.02. The molecule has 0 nitrogen and oxygen atoms in total. The van der Waals surface area contributed by atoms with Crippen molar-refractivity contribution in [3.8, 4) is 0 Å². The highest BCUT2D eigenvalue weighted by Gasteiger charge is 2.23. The molecule has 0 aromatic heterocycles. The predicted molar refractivity (Wildman–Crippen MR) is 62.3 cm³/mol. The molecular formula is C14H18. The van der Waals surface area contributed by atoms with Crippen LogP contribution in [0.4, 0.5) is 0 Å². The molecule has 0 amide bonds. The molecule has 0 unspecified atom stereocenters. The average Bonchev–Trinajstić information content (AvgIpc) is 2.48. The van der Waals surface area contributed by atoms with Gasteiger partial charge in [0.1, 0.15) is 0 Å². The topological polar surface area (TPSA) is 0 Å². The molecule has 0 spiro atoms. The lowest BCUT2D eigenvalue weighted by Crippen LogP contribution is -2.08. The minimum atomic E-state index is 0.311. The zero-order valence-electron chi connectivity index (χ0n) is 9.52. The van der Waals surface area contributed by atoms with Crippen LogP contribution < -0.4 is 0 Å². The van der Waals surface area contributed by atoms with Gasteiger partial charge in [-0.15, -0.1) is 0 Å². The van der Waals surface area contributed by atoms with Gasteiger partial charge < -0.3 is 0 Å². The van der Waals surface area contributed by atoms with Crippen LogP contribution in [0.2, 0.25) is 0 Å². The van der Waals surface area contributed by atoms with Gasteiger partial charge in [0.25, 0.3) is 0 Å². The fourth-order valence-electron chi connectivity index (χ4n) is 2.01. The third kappa shape index (κ3) is 1.50. The molecular weight excluding hydrogens is 168 g/mol. The maximum absolute atomic E-state index is 2.38. The normalized spacial score (nSPS) is 15.3. The van der Waals surface area contributed by atoms with Crippen LogP contribution in [0.15, 0.2) is 23.8 Å². The monoisotopic (exact) mass is 186 g/mol. The van der Waals surface area contributed by atoms with Gasteiger partial charge in [-0.2, -0.15) is 0 Å². The number of benzene rings is 1. The summed E-state index contributed by atoms with van der Waals surface area (Å²) in [5.41, 5.74) is 6.22. The Hall–Kier alpha value is -1.04. The zero-order valence-corrected chi connectivity index (χ0v) is 9.52. The van der Waals surface area contributed by atoms with Gasteiger partial charge in [0.05, 0.1) is 0 Å². The summed E-state index contributed by atoms with van der Waals surface area (Å²) in [5.74, 6) is 0. The van der Waals surface area contributed by atoms with Crippen molar-refractivity contribution in [3.63, 3.8) is 0 Å². The number of hydrogen-bond donors (Lipinski definition) is 0. The van der Waals surface area contributed by atoms with Gasteiger partial charge in [0, 0.05) is 0 Å². The molecule has 14 heavy (non-hydrogen) atoms. The van der Waals surface area contributed by atoms with E-state index >= 15 is 0 Å². The van der Waals surface area contributed by atoms with Crippen molar-refractivity contribution in [3.05, 3.63) is 40.5 Å². The standard InChI is InChI=1S/C14H18/c1-10-6-5-7-11-8-12(9-13(10)11)14(2,3)4/h5-7,9H,8H2,1-4H3. The van der Waals surface area contributed by atoms with Crippen LogP contribution in [-0.2, 0) is 6.42 Å². The average molecular weight is 186 g/mol. The van der Waals surface area contributed by atoms with Crippen LogP contribution >= 0.6 is 0 Å². The molecule has 2 rings (SSSR count). The first kappa shape index (κ1) is 9.51. The van der Waals surface area contributed by atoms with Gasteiger partial charge in [0.15, 0.2) is 0 Å². The molecule has 0 heterocycles.